The lowest BCUT2D eigenvalue weighted by Gasteiger charge is -2.24. The lowest BCUT2D eigenvalue weighted by molar-refractivity contribution is -0.116. The zero-order valence-electron chi connectivity index (χ0n) is 16.7. The van der Waals surface area contributed by atoms with Gasteiger partial charge in [-0.25, -0.2) is 8.42 Å². The summed E-state index contributed by atoms with van der Waals surface area (Å²) in [4.78, 5) is 12.5. The first-order chi connectivity index (χ1) is 12.6. The van der Waals surface area contributed by atoms with Crippen LogP contribution < -0.4 is 9.62 Å². The van der Waals surface area contributed by atoms with Gasteiger partial charge in [0.1, 0.15) is 0 Å². The van der Waals surface area contributed by atoms with E-state index in [4.69, 9.17) is 0 Å². The molecule has 5 nitrogen and oxygen atoms in total. The van der Waals surface area contributed by atoms with Crippen molar-refractivity contribution in [2.24, 2.45) is 0 Å². The second-order valence-electron chi connectivity index (χ2n) is 6.89. The van der Waals surface area contributed by atoms with Gasteiger partial charge in [0.05, 0.1) is 11.9 Å². The maximum Gasteiger partial charge on any atom is 0.232 e. The summed E-state index contributed by atoms with van der Waals surface area (Å²) < 4.78 is 25.9. The normalized spacial score (nSPS) is 11.3. The highest BCUT2D eigenvalue weighted by Gasteiger charge is 2.20. The van der Waals surface area contributed by atoms with Gasteiger partial charge in [-0.3, -0.25) is 9.10 Å². The number of carbonyl (C=O) groups is 1. The van der Waals surface area contributed by atoms with Crippen LogP contribution in [-0.2, 0) is 21.2 Å². The van der Waals surface area contributed by atoms with Crippen LogP contribution in [0.2, 0.25) is 0 Å². The lowest BCUT2D eigenvalue weighted by atomic mass is 10.1. The van der Waals surface area contributed by atoms with Crippen molar-refractivity contribution >= 4 is 27.3 Å². The fourth-order valence-electron chi connectivity index (χ4n) is 3.16. The van der Waals surface area contributed by atoms with Gasteiger partial charge in [-0.15, -0.1) is 0 Å². The van der Waals surface area contributed by atoms with Gasteiger partial charge in [-0.05, 0) is 49.9 Å². The van der Waals surface area contributed by atoms with Gasteiger partial charge >= 0.3 is 0 Å². The Hall–Kier alpha value is -2.34. The Kier molecular flexibility index (Phi) is 6.65. The average molecular weight is 389 g/mol. The molecule has 0 aromatic heterocycles. The number of nitrogens with one attached hydrogen (secondary N) is 1. The Morgan fingerprint density at radius 3 is 2.37 bits per heavy atom. The molecule has 0 aliphatic carbocycles. The zero-order valence-corrected chi connectivity index (χ0v) is 17.5. The molecule has 0 radical (unpaired) electrons. The van der Waals surface area contributed by atoms with E-state index in [0.29, 0.717) is 5.69 Å². The van der Waals surface area contributed by atoms with Crippen LogP contribution in [0.15, 0.2) is 36.4 Å². The molecule has 27 heavy (non-hydrogen) atoms. The molecular formula is C21H28N2O3S. The molecule has 0 aliphatic heterocycles. The Balaban J connectivity index is 2.18. The van der Waals surface area contributed by atoms with Crippen LogP contribution >= 0.6 is 0 Å². The monoisotopic (exact) mass is 388 g/mol. The molecule has 0 saturated heterocycles. The van der Waals surface area contributed by atoms with Crippen molar-refractivity contribution in [2.75, 3.05) is 22.4 Å². The molecule has 0 bridgehead atoms. The van der Waals surface area contributed by atoms with E-state index in [-0.39, 0.29) is 18.9 Å². The maximum atomic E-state index is 12.5. The molecule has 1 N–H and O–H groups in total. The number of sulfonamides is 1. The maximum absolute atomic E-state index is 12.5. The molecule has 0 unspecified atom stereocenters. The van der Waals surface area contributed by atoms with Crippen molar-refractivity contribution < 1.29 is 13.2 Å². The summed E-state index contributed by atoms with van der Waals surface area (Å²) in [7, 11) is -3.49. The zero-order chi connectivity index (χ0) is 20.2. The summed E-state index contributed by atoms with van der Waals surface area (Å²) in [6, 6.07) is 11.5. The Morgan fingerprint density at radius 2 is 1.78 bits per heavy atom. The molecule has 0 spiro atoms. The number of carbonyl (C=O) groups excluding carboxylic acids is 1. The van der Waals surface area contributed by atoms with Gasteiger partial charge in [0.25, 0.3) is 0 Å². The standard InChI is InChI=1S/C21H28N2O3S/c1-6-18-9-7-8-16(3)21(18)22-20(24)12-13-23(27(5,25)26)19-11-10-15(2)14-17(19)4/h7-11,14H,6,12-13H2,1-5H3,(H,22,24). The lowest BCUT2D eigenvalue weighted by Crippen LogP contribution is -2.33. The highest BCUT2D eigenvalue weighted by atomic mass is 32.2. The molecule has 6 heteroatoms. The number of benzene rings is 2. The van der Waals surface area contributed by atoms with Gasteiger partial charge in [-0.1, -0.05) is 42.8 Å². The van der Waals surface area contributed by atoms with Crippen molar-refractivity contribution in [1.29, 1.82) is 0 Å². The fraction of sp³-hybridized carbons (Fsp3) is 0.381. The Bertz CT molecular complexity index is 936. The molecule has 146 valence electrons. The van der Waals surface area contributed by atoms with Gasteiger partial charge in [0, 0.05) is 18.7 Å². The average Bonchev–Trinajstić information content (AvgIpc) is 2.57. The SMILES string of the molecule is CCc1cccc(C)c1NC(=O)CCN(c1ccc(C)cc1C)S(C)(=O)=O. The van der Waals surface area contributed by atoms with Gasteiger partial charge in [0.2, 0.25) is 15.9 Å². The summed E-state index contributed by atoms with van der Waals surface area (Å²) in [5, 5.41) is 2.95. The third-order valence-electron chi connectivity index (χ3n) is 4.57. The molecule has 2 rings (SSSR count). The van der Waals surface area contributed by atoms with E-state index < -0.39 is 10.0 Å². The molecule has 0 heterocycles. The van der Waals surface area contributed by atoms with Crippen LogP contribution in [0.1, 0.15) is 35.6 Å². The third-order valence-corrected chi connectivity index (χ3v) is 5.75. The summed E-state index contributed by atoms with van der Waals surface area (Å²) in [5.41, 5.74) is 5.43. The quantitative estimate of drug-likeness (QED) is 0.780. The number of hydrogen-bond donors (Lipinski definition) is 1. The molecule has 1 amide bonds. The predicted molar refractivity (Wildman–Crippen MR) is 112 cm³/mol. The van der Waals surface area contributed by atoms with E-state index in [1.165, 1.54) is 10.6 Å². The van der Waals surface area contributed by atoms with E-state index in [1.807, 2.05) is 58.0 Å². The summed E-state index contributed by atoms with van der Waals surface area (Å²) in [6.07, 6.45) is 2.06. The molecular weight excluding hydrogens is 360 g/mol. The second-order valence-corrected chi connectivity index (χ2v) is 8.79. The first-order valence-electron chi connectivity index (χ1n) is 9.06. The van der Waals surface area contributed by atoms with Gasteiger partial charge < -0.3 is 5.32 Å². The topological polar surface area (TPSA) is 66.5 Å². The molecule has 0 saturated carbocycles. The van der Waals surface area contributed by atoms with Gasteiger partial charge in [0.15, 0.2) is 0 Å². The second kappa shape index (κ2) is 8.57. The molecule has 0 fully saturated rings. The first-order valence-corrected chi connectivity index (χ1v) is 10.9. The number of rotatable bonds is 7. The highest BCUT2D eigenvalue weighted by Crippen LogP contribution is 2.25. The van der Waals surface area contributed by atoms with Crippen molar-refractivity contribution in [1.82, 2.24) is 0 Å². The van der Waals surface area contributed by atoms with Crippen LogP contribution in [0.3, 0.4) is 0 Å². The molecule has 2 aromatic carbocycles. The van der Waals surface area contributed by atoms with Crippen LogP contribution in [0.4, 0.5) is 11.4 Å². The molecule has 0 atom stereocenters. The van der Waals surface area contributed by atoms with Crippen molar-refractivity contribution in [3.8, 4) is 0 Å². The van der Waals surface area contributed by atoms with Gasteiger partial charge in [-0.2, -0.15) is 0 Å². The van der Waals surface area contributed by atoms with Crippen LogP contribution in [0, 0.1) is 20.8 Å². The van der Waals surface area contributed by atoms with E-state index in [1.54, 1.807) is 6.07 Å². The van der Waals surface area contributed by atoms with E-state index in [9.17, 15) is 13.2 Å². The number of hydrogen-bond acceptors (Lipinski definition) is 3. The minimum Gasteiger partial charge on any atom is -0.326 e. The Labute approximate surface area is 162 Å². The molecule has 0 aliphatic rings. The van der Waals surface area contributed by atoms with E-state index in [0.717, 1.165) is 34.4 Å². The number of amides is 1. The number of anilines is 2. The molecule has 2 aromatic rings. The van der Waals surface area contributed by atoms with E-state index in [2.05, 4.69) is 5.32 Å². The van der Waals surface area contributed by atoms with Crippen LogP contribution in [0.5, 0.6) is 0 Å². The van der Waals surface area contributed by atoms with Crippen molar-refractivity contribution in [3.63, 3.8) is 0 Å². The summed E-state index contributed by atoms with van der Waals surface area (Å²) in [6.45, 7) is 7.93. The Morgan fingerprint density at radius 1 is 1.07 bits per heavy atom. The van der Waals surface area contributed by atoms with Crippen molar-refractivity contribution in [2.45, 2.75) is 40.5 Å². The minimum absolute atomic E-state index is 0.0812. The number of aryl methyl sites for hydroxylation is 4. The largest absolute Gasteiger partial charge is 0.326 e. The third kappa shape index (κ3) is 5.32. The van der Waals surface area contributed by atoms with Crippen molar-refractivity contribution in [3.05, 3.63) is 58.7 Å². The summed E-state index contributed by atoms with van der Waals surface area (Å²) in [5.74, 6) is -0.197. The first kappa shape index (κ1) is 21.0. The predicted octanol–water partition coefficient (Wildman–Crippen LogP) is 3.97. The summed E-state index contributed by atoms with van der Waals surface area (Å²) >= 11 is 0. The minimum atomic E-state index is -3.49. The number of para-hydroxylation sites is 1. The highest BCUT2D eigenvalue weighted by molar-refractivity contribution is 7.92. The number of nitrogens with zero attached hydrogens (tertiary/aromatic N) is 1. The smallest absolute Gasteiger partial charge is 0.232 e. The fourth-order valence-corrected chi connectivity index (χ4v) is 4.14. The van der Waals surface area contributed by atoms with Crippen LogP contribution in [-0.4, -0.2) is 27.1 Å². The van der Waals surface area contributed by atoms with E-state index >= 15 is 0 Å². The van der Waals surface area contributed by atoms with Crippen LogP contribution in [0.25, 0.3) is 0 Å².